The first-order valence-electron chi connectivity index (χ1n) is 12.2. The summed E-state index contributed by atoms with van der Waals surface area (Å²) in [5.74, 6) is 0.386. The van der Waals surface area contributed by atoms with Crippen molar-refractivity contribution >= 4 is 28.8 Å². The lowest BCUT2D eigenvalue weighted by molar-refractivity contribution is -0.135. The Balaban J connectivity index is 1.45. The highest BCUT2D eigenvalue weighted by molar-refractivity contribution is 7.10. The van der Waals surface area contributed by atoms with Crippen LogP contribution in [0.1, 0.15) is 32.8 Å². The van der Waals surface area contributed by atoms with E-state index in [4.69, 9.17) is 9.47 Å². The molecule has 1 aromatic heterocycles. The van der Waals surface area contributed by atoms with Gasteiger partial charge in [0.15, 0.2) is 0 Å². The lowest BCUT2D eigenvalue weighted by Gasteiger charge is -2.44. The second-order valence-corrected chi connectivity index (χ2v) is 9.98. The van der Waals surface area contributed by atoms with Gasteiger partial charge in [-0.3, -0.25) is 9.59 Å². The Kier molecular flexibility index (Phi) is 7.25. The molecular weight excluding hydrogens is 474 g/mol. The normalized spacial score (nSPS) is 19.8. The van der Waals surface area contributed by atoms with Crippen molar-refractivity contribution in [1.82, 2.24) is 9.80 Å². The van der Waals surface area contributed by atoms with Crippen molar-refractivity contribution in [3.63, 3.8) is 0 Å². The van der Waals surface area contributed by atoms with Gasteiger partial charge in [-0.15, -0.1) is 11.3 Å². The van der Waals surface area contributed by atoms with Crippen molar-refractivity contribution in [2.24, 2.45) is 0 Å². The number of para-hydroxylation sites is 2. The summed E-state index contributed by atoms with van der Waals surface area (Å²) < 4.78 is 10.9. The molecule has 188 valence electrons. The summed E-state index contributed by atoms with van der Waals surface area (Å²) in [6.45, 7) is 3.50. The number of nitrogens with zero attached hydrogens (tertiary/aromatic N) is 3. The first-order chi connectivity index (χ1) is 17.6. The minimum absolute atomic E-state index is 0.0499. The molecule has 1 saturated heterocycles. The summed E-state index contributed by atoms with van der Waals surface area (Å²) >= 11 is 1.59. The molecule has 2 aliphatic rings. The number of carbonyl (C=O) groups is 2. The number of benzene rings is 2. The van der Waals surface area contributed by atoms with E-state index in [1.807, 2.05) is 69.8 Å². The number of fused-ring (bicyclic) bond motifs is 1. The smallest absolute Gasteiger partial charge is 0.254 e. The molecule has 2 amide bonds. The summed E-state index contributed by atoms with van der Waals surface area (Å²) in [5.41, 5.74) is 2.46. The minimum atomic E-state index is -0.466. The maximum absolute atomic E-state index is 14.2. The van der Waals surface area contributed by atoms with E-state index in [9.17, 15) is 9.59 Å². The average Bonchev–Trinajstić information content (AvgIpc) is 3.47. The van der Waals surface area contributed by atoms with Crippen LogP contribution in [0.5, 0.6) is 5.75 Å². The van der Waals surface area contributed by atoms with E-state index in [0.29, 0.717) is 31.8 Å². The van der Waals surface area contributed by atoms with Crippen molar-refractivity contribution in [3.05, 3.63) is 82.0 Å². The molecule has 0 spiro atoms. The Morgan fingerprint density at radius 3 is 2.44 bits per heavy atom. The molecule has 36 heavy (non-hydrogen) atoms. The van der Waals surface area contributed by atoms with E-state index in [-0.39, 0.29) is 17.9 Å². The first kappa shape index (κ1) is 24.3. The van der Waals surface area contributed by atoms with Crippen LogP contribution in [0, 0.1) is 0 Å². The molecule has 0 radical (unpaired) electrons. The minimum Gasteiger partial charge on any atom is -0.495 e. The van der Waals surface area contributed by atoms with Crippen LogP contribution < -0.4 is 9.64 Å². The lowest BCUT2D eigenvalue weighted by atomic mass is 9.81. The predicted octanol–water partition coefficient (Wildman–Crippen LogP) is 4.03. The van der Waals surface area contributed by atoms with Gasteiger partial charge in [0.05, 0.1) is 31.4 Å². The molecule has 0 bridgehead atoms. The standard InChI is InChI=1S/C28H31N3O4S/c1-34-18-17-31-26(24-12-7-19-36-24)25(20-8-3-4-9-21(20)27(31)32)28(33)30-15-13-29(14-16-30)22-10-5-6-11-23(22)35-2/h3-12,19,25-26H,13-18H2,1-2H3/t25-,26-/m1/s1. The molecule has 2 atom stereocenters. The zero-order valence-electron chi connectivity index (χ0n) is 20.6. The molecule has 0 saturated carbocycles. The maximum Gasteiger partial charge on any atom is 0.254 e. The molecule has 0 unspecified atom stereocenters. The van der Waals surface area contributed by atoms with Crippen LogP contribution in [-0.4, -0.2) is 75.2 Å². The second kappa shape index (κ2) is 10.7. The molecule has 3 heterocycles. The topological polar surface area (TPSA) is 62.3 Å². The molecule has 1 fully saturated rings. The number of carbonyl (C=O) groups excluding carboxylic acids is 2. The van der Waals surface area contributed by atoms with Crippen molar-refractivity contribution in [2.45, 2.75) is 12.0 Å². The third kappa shape index (κ3) is 4.47. The Labute approximate surface area is 215 Å². The van der Waals surface area contributed by atoms with Crippen LogP contribution in [0.3, 0.4) is 0 Å². The van der Waals surface area contributed by atoms with Gasteiger partial charge in [0.25, 0.3) is 5.91 Å². The van der Waals surface area contributed by atoms with Crippen LogP contribution in [0.4, 0.5) is 5.69 Å². The van der Waals surface area contributed by atoms with Gasteiger partial charge < -0.3 is 24.2 Å². The summed E-state index contributed by atoms with van der Waals surface area (Å²) in [6.07, 6.45) is 0. The fourth-order valence-electron chi connectivity index (χ4n) is 5.33. The van der Waals surface area contributed by atoms with Gasteiger partial charge in [0.1, 0.15) is 5.75 Å². The van der Waals surface area contributed by atoms with Crippen molar-refractivity contribution in [1.29, 1.82) is 0 Å². The largest absolute Gasteiger partial charge is 0.495 e. The molecule has 5 rings (SSSR count). The van der Waals surface area contributed by atoms with Gasteiger partial charge in [0.2, 0.25) is 5.91 Å². The molecule has 0 aliphatic carbocycles. The number of piperazine rings is 1. The summed E-state index contributed by atoms with van der Waals surface area (Å²) in [5, 5.41) is 2.00. The molecular formula is C28H31N3O4S. The fourth-order valence-corrected chi connectivity index (χ4v) is 6.20. The summed E-state index contributed by atoms with van der Waals surface area (Å²) in [7, 11) is 3.31. The number of rotatable bonds is 7. The van der Waals surface area contributed by atoms with Crippen LogP contribution in [0.15, 0.2) is 66.0 Å². The number of thiophene rings is 1. The van der Waals surface area contributed by atoms with Gasteiger partial charge in [0, 0.05) is 50.3 Å². The number of hydrogen-bond donors (Lipinski definition) is 0. The monoisotopic (exact) mass is 505 g/mol. The van der Waals surface area contributed by atoms with Gasteiger partial charge in [-0.25, -0.2) is 0 Å². The predicted molar refractivity (Wildman–Crippen MR) is 141 cm³/mol. The molecule has 2 aromatic carbocycles. The maximum atomic E-state index is 14.2. The molecule has 7 nitrogen and oxygen atoms in total. The van der Waals surface area contributed by atoms with Crippen LogP contribution >= 0.6 is 11.3 Å². The Morgan fingerprint density at radius 2 is 1.72 bits per heavy atom. The van der Waals surface area contributed by atoms with E-state index in [1.54, 1.807) is 25.6 Å². The zero-order chi connectivity index (χ0) is 25.1. The number of hydrogen-bond acceptors (Lipinski definition) is 6. The zero-order valence-corrected chi connectivity index (χ0v) is 21.4. The SMILES string of the molecule is COCCN1C(=O)c2ccccc2[C@@H](C(=O)N2CCN(c3ccccc3OC)CC2)[C@H]1c1cccs1. The molecule has 8 heteroatoms. The van der Waals surface area contributed by atoms with E-state index >= 15 is 0 Å². The van der Waals surface area contributed by atoms with Crippen LogP contribution in [-0.2, 0) is 9.53 Å². The van der Waals surface area contributed by atoms with Crippen LogP contribution in [0.2, 0.25) is 0 Å². The molecule has 3 aromatic rings. The molecule has 2 aliphatic heterocycles. The number of methoxy groups -OCH3 is 2. The number of ether oxygens (including phenoxy) is 2. The van der Waals surface area contributed by atoms with Crippen molar-refractivity contribution < 1.29 is 19.1 Å². The Hall–Kier alpha value is -3.36. The quantitative estimate of drug-likeness (QED) is 0.485. The number of amides is 2. The third-order valence-electron chi connectivity index (χ3n) is 7.09. The number of anilines is 1. The Morgan fingerprint density at radius 1 is 0.972 bits per heavy atom. The van der Waals surface area contributed by atoms with Crippen LogP contribution in [0.25, 0.3) is 0 Å². The lowest BCUT2D eigenvalue weighted by Crippen LogP contribution is -2.53. The average molecular weight is 506 g/mol. The van der Waals surface area contributed by atoms with E-state index in [1.165, 1.54) is 0 Å². The third-order valence-corrected chi connectivity index (χ3v) is 8.04. The summed E-state index contributed by atoms with van der Waals surface area (Å²) in [6, 6.07) is 19.2. The van der Waals surface area contributed by atoms with Gasteiger partial charge >= 0.3 is 0 Å². The fraction of sp³-hybridized carbons (Fsp3) is 0.357. The highest BCUT2D eigenvalue weighted by Crippen LogP contribution is 2.45. The van der Waals surface area contributed by atoms with Gasteiger partial charge in [-0.2, -0.15) is 0 Å². The second-order valence-electron chi connectivity index (χ2n) is 9.00. The van der Waals surface area contributed by atoms with E-state index in [0.717, 1.165) is 35.0 Å². The Bertz CT molecular complexity index is 1210. The highest BCUT2D eigenvalue weighted by Gasteiger charge is 2.46. The van der Waals surface area contributed by atoms with Crippen molar-refractivity contribution in [2.75, 3.05) is 58.5 Å². The van der Waals surface area contributed by atoms with Crippen molar-refractivity contribution in [3.8, 4) is 5.75 Å². The molecule has 0 N–H and O–H groups in total. The van der Waals surface area contributed by atoms with Gasteiger partial charge in [-0.1, -0.05) is 36.4 Å². The summed E-state index contributed by atoms with van der Waals surface area (Å²) in [4.78, 5) is 34.9. The highest BCUT2D eigenvalue weighted by atomic mass is 32.1. The van der Waals surface area contributed by atoms with E-state index in [2.05, 4.69) is 11.0 Å². The first-order valence-corrected chi connectivity index (χ1v) is 13.1. The van der Waals surface area contributed by atoms with E-state index < -0.39 is 5.92 Å². The van der Waals surface area contributed by atoms with Gasteiger partial charge in [-0.05, 0) is 35.2 Å².